The minimum absolute atomic E-state index is 0.359. The molecule has 2 aliphatic carbocycles. The monoisotopic (exact) mass is 361 g/mol. The van der Waals surface area contributed by atoms with Crippen LogP contribution < -0.4 is 10.6 Å². The number of hydrogen-bond acceptors (Lipinski definition) is 3. The first kappa shape index (κ1) is 19.2. The van der Waals surface area contributed by atoms with Gasteiger partial charge in [-0.3, -0.25) is 9.67 Å². The Morgan fingerprint density at radius 3 is 2.73 bits per heavy atom. The van der Waals surface area contributed by atoms with Gasteiger partial charge >= 0.3 is 0 Å². The van der Waals surface area contributed by atoms with Crippen molar-refractivity contribution < 1.29 is 4.74 Å². The Bertz CT molecular complexity index is 571. The number of aliphatic imine (C=N–C) groups is 1. The number of ether oxygens (including phenoxy) is 1. The molecule has 6 heteroatoms. The molecular formula is C20H35N5O. The lowest BCUT2D eigenvalue weighted by atomic mass is 9.83. The van der Waals surface area contributed by atoms with Gasteiger partial charge in [0.05, 0.1) is 18.3 Å². The van der Waals surface area contributed by atoms with Gasteiger partial charge < -0.3 is 15.4 Å². The normalized spacial score (nSPS) is 20.6. The van der Waals surface area contributed by atoms with Gasteiger partial charge in [-0.2, -0.15) is 5.10 Å². The molecule has 6 nitrogen and oxygen atoms in total. The molecule has 2 saturated carbocycles. The lowest BCUT2D eigenvalue weighted by Crippen LogP contribution is -2.43. The number of nitrogens with zero attached hydrogens (tertiary/aromatic N) is 3. The first-order valence-electron chi connectivity index (χ1n) is 10.2. The molecule has 3 rings (SSSR count). The van der Waals surface area contributed by atoms with Crippen LogP contribution in [0.3, 0.4) is 0 Å². The zero-order valence-corrected chi connectivity index (χ0v) is 16.5. The van der Waals surface area contributed by atoms with Crippen LogP contribution in [-0.4, -0.2) is 43.0 Å². The Morgan fingerprint density at radius 1 is 1.27 bits per heavy atom. The van der Waals surface area contributed by atoms with Crippen LogP contribution in [0.15, 0.2) is 17.3 Å². The van der Waals surface area contributed by atoms with Crippen molar-refractivity contribution in [2.45, 2.75) is 70.4 Å². The summed E-state index contributed by atoms with van der Waals surface area (Å²) in [5, 5.41) is 11.7. The summed E-state index contributed by atoms with van der Waals surface area (Å²) in [4.78, 5) is 4.39. The summed E-state index contributed by atoms with van der Waals surface area (Å²) in [5.41, 5.74) is 1.44. The highest BCUT2D eigenvalue weighted by atomic mass is 16.5. The summed E-state index contributed by atoms with van der Waals surface area (Å²) in [6.45, 7) is 2.52. The molecule has 26 heavy (non-hydrogen) atoms. The molecule has 0 unspecified atom stereocenters. The predicted octanol–water partition coefficient (Wildman–Crippen LogP) is 3.26. The smallest absolute Gasteiger partial charge is 0.191 e. The minimum atomic E-state index is 0.359. The van der Waals surface area contributed by atoms with E-state index in [1.807, 2.05) is 7.05 Å². The largest absolute Gasteiger partial charge is 0.385 e. The third kappa shape index (κ3) is 5.00. The van der Waals surface area contributed by atoms with Gasteiger partial charge in [0.2, 0.25) is 0 Å². The molecule has 0 amide bonds. The van der Waals surface area contributed by atoms with E-state index >= 15 is 0 Å². The van der Waals surface area contributed by atoms with E-state index in [0.29, 0.717) is 18.0 Å². The second-order valence-electron chi connectivity index (χ2n) is 7.95. The van der Waals surface area contributed by atoms with Gasteiger partial charge in [-0.15, -0.1) is 0 Å². The highest BCUT2D eigenvalue weighted by Crippen LogP contribution is 2.40. The van der Waals surface area contributed by atoms with Crippen LogP contribution in [0, 0.1) is 5.41 Å². The summed E-state index contributed by atoms with van der Waals surface area (Å²) < 4.78 is 7.48. The molecule has 0 radical (unpaired) electrons. The van der Waals surface area contributed by atoms with Crippen LogP contribution in [0.25, 0.3) is 0 Å². The number of guanidine groups is 1. The fourth-order valence-electron chi connectivity index (χ4n) is 4.47. The van der Waals surface area contributed by atoms with Crippen LogP contribution in [0.1, 0.15) is 69.5 Å². The van der Waals surface area contributed by atoms with E-state index in [9.17, 15) is 0 Å². The predicted molar refractivity (Wildman–Crippen MR) is 105 cm³/mol. The molecular weight excluding hydrogens is 326 g/mol. The van der Waals surface area contributed by atoms with Gasteiger partial charge in [0, 0.05) is 33.5 Å². The standard InChI is InChI=1S/C20H35N5O/c1-21-19(23-16-20(12-14-26-2)10-5-6-11-20)22-15-17-9-13-25(24-17)18-7-3-4-8-18/h9,13,18H,3-8,10-12,14-16H2,1-2H3,(H2,21,22,23). The summed E-state index contributed by atoms with van der Waals surface area (Å²) in [7, 11) is 3.63. The minimum Gasteiger partial charge on any atom is -0.385 e. The molecule has 0 bridgehead atoms. The van der Waals surface area contributed by atoms with E-state index in [2.05, 4.69) is 32.6 Å². The Hall–Kier alpha value is -1.56. The molecule has 1 aromatic rings. The van der Waals surface area contributed by atoms with E-state index in [4.69, 9.17) is 9.84 Å². The van der Waals surface area contributed by atoms with Crippen molar-refractivity contribution in [2.24, 2.45) is 10.4 Å². The maximum atomic E-state index is 5.33. The Labute approximate surface area is 157 Å². The number of rotatable bonds is 8. The summed E-state index contributed by atoms with van der Waals surface area (Å²) in [6, 6.07) is 2.72. The first-order valence-corrected chi connectivity index (χ1v) is 10.2. The SMILES string of the molecule is CN=C(NCc1ccn(C2CCCC2)n1)NCC1(CCOC)CCCC1. The molecule has 1 aromatic heterocycles. The fraction of sp³-hybridized carbons (Fsp3) is 0.800. The van der Waals surface area contributed by atoms with E-state index < -0.39 is 0 Å². The molecule has 0 saturated heterocycles. The molecule has 1 heterocycles. The highest BCUT2D eigenvalue weighted by molar-refractivity contribution is 5.79. The molecule has 2 N–H and O–H groups in total. The van der Waals surface area contributed by atoms with Gasteiger partial charge in [-0.25, -0.2) is 0 Å². The van der Waals surface area contributed by atoms with E-state index in [1.165, 1.54) is 51.4 Å². The van der Waals surface area contributed by atoms with Crippen LogP contribution in [0.5, 0.6) is 0 Å². The Balaban J connectivity index is 1.47. The van der Waals surface area contributed by atoms with Gasteiger partial charge in [0.15, 0.2) is 5.96 Å². The zero-order valence-electron chi connectivity index (χ0n) is 16.5. The Kier molecular flexibility index (Phi) is 6.94. The third-order valence-corrected chi connectivity index (χ3v) is 6.15. The lowest BCUT2D eigenvalue weighted by molar-refractivity contribution is 0.138. The quantitative estimate of drug-likeness (QED) is 0.551. The average Bonchev–Trinajstić information content (AvgIpc) is 3.41. The topological polar surface area (TPSA) is 63.5 Å². The summed E-state index contributed by atoms with van der Waals surface area (Å²) in [6.07, 6.45) is 13.7. The van der Waals surface area contributed by atoms with Gasteiger partial charge in [-0.1, -0.05) is 25.7 Å². The molecule has 2 fully saturated rings. The second-order valence-corrected chi connectivity index (χ2v) is 7.95. The molecule has 146 valence electrons. The first-order chi connectivity index (χ1) is 12.7. The van der Waals surface area contributed by atoms with Gasteiger partial charge in [0.1, 0.15) is 0 Å². The van der Waals surface area contributed by atoms with Crippen LogP contribution in [-0.2, 0) is 11.3 Å². The zero-order chi connectivity index (χ0) is 18.2. The maximum Gasteiger partial charge on any atom is 0.191 e. The van der Waals surface area contributed by atoms with Crippen molar-refractivity contribution in [3.8, 4) is 0 Å². The number of aromatic nitrogens is 2. The molecule has 0 aliphatic heterocycles. The van der Waals surface area contributed by atoms with E-state index in [1.54, 1.807) is 7.11 Å². The van der Waals surface area contributed by atoms with Crippen molar-refractivity contribution in [3.63, 3.8) is 0 Å². The van der Waals surface area contributed by atoms with Crippen molar-refractivity contribution >= 4 is 5.96 Å². The molecule has 0 spiro atoms. The Morgan fingerprint density at radius 2 is 2.04 bits per heavy atom. The van der Waals surface area contributed by atoms with Gasteiger partial charge in [-0.05, 0) is 43.6 Å². The molecule has 2 aliphatic rings. The van der Waals surface area contributed by atoms with E-state index in [-0.39, 0.29) is 0 Å². The lowest BCUT2D eigenvalue weighted by Gasteiger charge is -2.29. The molecule has 0 atom stereocenters. The molecule has 0 aromatic carbocycles. The third-order valence-electron chi connectivity index (χ3n) is 6.15. The summed E-state index contributed by atoms with van der Waals surface area (Å²) >= 11 is 0. The second kappa shape index (κ2) is 9.40. The van der Waals surface area contributed by atoms with Crippen molar-refractivity contribution in [1.82, 2.24) is 20.4 Å². The summed E-state index contributed by atoms with van der Waals surface area (Å²) in [5.74, 6) is 0.865. The van der Waals surface area contributed by atoms with Crippen molar-refractivity contribution in [1.29, 1.82) is 0 Å². The maximum absolute atomic E-state index is 5.33. The van der Waals surface area contributed by atoms with Gasteiger partial charge in [0.25, 0.3) is 0 Å². The van der Waals surface area contributed by atoms with Crippen molar-refractivity contribution in [2.75, 3.05) is 27.3 Å². The van der Waals surface area contributed by atoms with Crippen LogP contribution in [0.4, 0.5) is 0 Å². The number of hydrogen-bond donors (Lipinski definition) is 2. The fourth-order valence-corrected chi connectivity index (χ4v) is 4.47. The average molecular weight is 362 g/mol. The highest BCUT2D eigenvalue weighted by Gasteiger charge is 2.33. The van der Waals surface area contributed by atoms with Crippen molar-refractivity contribution in [3.05, 3.63) is 18.0 Å². The van der Waals surface area contributed by atoms with Crippen LogP contribution in [0.2, 0.25) is 0 Å². The van der Waals surface area contributed by atoms with Crippen LogP contribution >= 0.6 is 0 Å². The van der Waals surface area contributed by atoms with E-state index in [0.717, 1.165) is 31.2 Å². The number of methoxy groups -OCH3 is 1. The number of nitrogens with one attached hydrogen (secondary N) is 2.